The first-order chi connectivity index (χ1) is 9.51. The number of nitrogens with zero attached hydrogens (tertiary/aromatic N) is 4. The van der Waals surface area contributed by atoms with Crippen LogP contribution >= 0.6 is 0 Å². The van der Waals surface area contributed by atoms with Gasteiger partial charge in [-0.15, -0.1) is 0 Å². The first kappa shape index (κ1) is 14.3. The maximum Gasteiger partial charge on any atom is 0.227 e. The van der Waals surface area contributed by atoms with Crippen LogP contribution in [0.25, 0.3) is 0 Å². The molecule has 0 saturated carbocycles. The van der Waals surface area contributed by atoms with E-state index in [4.69, 9.17) is 10.5 Å². The van der Waals surface area contributed by atoms with Gasteiger partial charge in [0.1, 0.15) is 11.6 Å². The van der Waals surface area contributed by atoms with Crippen molar-refractivity contribution < 1.29 is 4.74 Å². The van der Waals surface area contributed by atoms with E-state index in [-0.39, 0.29) is 0 Å². The number of nitrogens with two attached hydrogens (primary N) is 1. The smallest absolute Gasteiger partial charge is 0.227 e. The summed E-state index contributed by atoms with van der Waals surface area (Å²) in [5.74, 6) is 2.34. The summed E-state index contributed by atoms with van der Waals surface area (Å²) >= 11 is 0. The highest BCUT2D eigenvalue weighted by molar-refractivity contribution is 5.45. The van der Waals surface area contributed by atoms with E-state index in [1.54, 1.807) is 6.20 Å². The number of anilines is 1. The lowest BCUT2D eigenvalue weighted by Crippen LogP contribution is -2.05. The van der Waals surface area contributed by atoms with Crippen LogP contribution < -0.4 is 10.5 Å². The highest BCUT2D eigenvalue weighted by atomic mass is 16.5. The summed E-state index contributed by atoms with van der Waals surface area (Å²) in [6.45, 7) is 8.05. The number of rotatable bonds is 5. The Morgan fingerprint density at radius 3 is 2.70 bits per heavy atom. The minimum Gasteiger partial charge on any atom is -0.435 e. The fraction of sp³-hybridized carbons (Fsp3) is 0.500. The van der Waals surface area contributed by atoms with Crippen LogP contribution in [0.15, 0.2) is 12.4 Å². The molecule has 0 bridgehead atoms. The molecule has 108 valence electrons. The number of aromatic nitrogens is 4. The minimum absolute atomic E-state index is 0.291. The van der Waals surface area contributed by atoms with Crippen molar-refractivity contribution in [3.8, 4) is 11.6 Å². The average Bonchev–Trinajstić information content (AvgIpc) is 2.84. The van der Waals surface area contributed by atoms with Gasteiger partial charge in [-0.05, 0) is 27.2 Å². The summed E-state index contributed by atoms with van der Waals surface area (Å²) in [7, 11) is 0. The summed E-state index contributed by atoms with van der Waals surface area (Å²) in [4.78, 5) is 8.69. The second-order valence-electron chi connectivity index (χ2n) is 5.06. The van der Waals surface area contributed by atoms with Gasteiger partial charge in [0.05, 0.1) is 18.0 Å². The molecular formula is C14H21N5O. The number of ether oxygens (including phenoxy) is 1. The van der Waals surface area contributed by atoms with E-state index >= 15 is 0 Å². The van der Waals surface area contributed by atoms with Crippen LogP contribution in [0.2, 0.25) is 0 Å². The van der Waals surface area contributed by atoms with E-state index in [1.165, 1.54) is 0 Å². The molecule has 6 heteroatoms. The predicted molar refractivity (Wildman–Crippen MR) is 77.9 cm³/mol. The van der Waals surface area contributed by atoms with Crippen molar-refractivity contribution >= 4 is 5.82 Å². The Labute approximate surface area is 119 Å². The standard InChI is InChI=1S/C14H21N5O/c1-5-6-12-17-13(15)10(4)14(18-12)20-11-7-16-19(8-11)9(2)3/h7-9H,5-6H2,1-4H3,(H2,15,17,18). The summed E-state index contributed by atoms with van der Waals surface area (Å²) < 4.78 is 7.63. The quantitative estimate of drug-likeness (QED) is 0.907. The molecule has 0 unspecified atom stereocenters. The van der Waals surface area contributed by atoms with Gasteiger partial charge in [-0.1, -0.05) is 6.92 Å². The molecule has 0 radical (unpaired) electrons. The number of hydrogen-bond donors (Lipinski definition) is 1. The molecule has 2 rings (SSSR count). The Morgan fingerprint density at radius 2 is 2.10 bits per heavy atom. The van der Waals surface area contributed by atoms with Crippen LogP contribution in [0, 0.1) is 6.92 Å². The molecule has 0 fully saturated rings. The van der Waals surface area contributed by atoms with Crippen molar-refractivity contribution in [1.29, 1.82) is 0 Å². The highest BCUT2D eigenvalue weighted by Crippen LogP contribution is 2.26. The fourth-order valence-electron chi connectivity index (χ4n) is 1.76. The van der Waals surface area contributed by atoms with Gasteiger partial charge in [-0.25, -0.2) is 4.98 Å². The Hall–Kier alpha value is -2.11. The van der Waals surface area contributed by atoms with Crippen molar-refractivity contribution in [3.05, 3.63) is 23.8 Å². The average molecular weight is 275 g/mol. The van der Waals surface area contributed by atoms with E-state index in [0.29, 0.717) is 29.3 Å². The van der Waals surface area contributed by atoms with E-state index < -0.39 is 0 Å². The van der Waals surface area contributed by atoms with Crippen molar-refractivity contribution in [1.82, 2.24) is 19.7 Å². The highest BCUT2D eigenvalue weighted by Gasteiger charge is 2.12. The van der Waals surface area contributed by atoms with Crippen LogP contribution in [0.4, 0.5) is 5.82 Å². The molecule has 0 aromatic carbocycles. The topological polar surface area (TPSA) is 78.9 Å². The van der Waals surface area contributed by atoms with Crippen molar-refractivity contribution in [2.24, 2.45) is 0 Å². The number of nitrogen functional groups attached to an aromatic ring is 1. The van der Waals surface area contributed by atoms with Gasteiger partial charge in [-0.2, -0.15) is 10.1 Å². The summed E-state index contributed by atoms with van der Waals surface area (Å²) in [6, 6.07) is 0.291. The molecule has 6 nitrogen and oxygen atoms in total. The van der Waals surface area contributed by atoms with Crippen LogP contribution in [0.3, 0.4) is 0 Å². The second-order valence-corrected chi connectivity index (χ2v) is 5.06. The molecule has 0 aliphatic rings. The molecular weight excluding hydrogens is 254 g/mol. The lowest BCUT2D eigenvalue weighted by atomic mass is 10.3. The van der Waals surface area contributed by atoms with Gasteiger partial charge in [0.25, 0.3) is 0 Å². The lowest BCUT2D eigenvalue weighted by molar-refractivity contribution is 0.451. The summed E-state index contributed by atoms with van der Waals surface area (Å²) in [6.07, 6.45) is 5.28. The Kier molecular flexibility index (Phi) is 4.22. The molecule has 0 aliphatic carbocycles. The molecule has 2 heterocycles. The first-order valence-electron chi connectivity index (χ1n) is 6.86. The van der Waals surface area contributed by atoms with Crippen LogP contribution in [0.1, 0.15) is 44.6 Å². The van der Waals surface area contributed by atoms with Crippen molar-refractivity contribution in [2.75, 3.05) is 5.73 Å². The van der Waals surface area contributed by atoms with Gasteiger partial charge in [0.2, 0.25) is 5.88 Å². The zero-order chi connectivity index (χ0) is 14.7. The van der Waals surface area contributed by atoms with Gasteiger partial charge < -0.3 is 10.5 Å². The largest absolute Gasteiger partial charge is 0.435 e. The van der Waals surface area contributed by atoms with Crippen molar-refractivity contribution in [3.63, 3.8) is 0 Å². The third-order valence-corrected chi connectivity index (χ3v) is 2.98. The molecule has 2 N–H and O–H groups in total. The predicted octanol–water partition coefficient (Wildman–Crippen LogP) is 2.89. The molecule has 2 aromatic heterocycles. The maximum absolute atomic E-state index is 5.91. The number of aryl methyl sites for hydroxylation is 1. The third-order valence-electron chi connectivity index (χ3n) is 2.98. The van der Waals surface area contributed by atoms with Crippen LogP contribution in [-0.2, 0) is 6.42 Å². The second kappa shape index (κ2) is 5.90. The summed E-state index contributed by atoms with van der Waals surface area (Å²) in [5, 5.41) is 4.24. The minimum atomic E-state index is 0.291. The SMILES string of the molecule is CCCc1nc(N)c(C)c(Oc2cnn(C(C)C)c2)n1. The molecule has 0 saturated heterocycles. The molecule has 0 amide bonds. The van der Waals surface area contributed by atoms with E-state index in [9.17, 15) is 0 Å². The molecule has 0 atom stereocenters. The molecule has 2 aromatic rings. The zero-order valence-corrected chi connectivity index (χ0v) is 12.4. The van der Waals surface area contributed by atoms with Crippen LogP contribution in [-0.4, -0.2) is 19.7 Å². The fourth-order valence-corrected chi connectivity index (χ4v) is 1.76. The molecule has 20 heavy (non-hydrogen) atoms. The normalized spacial score (nSPS) is 11.1. The van der Waals surface area contributed by atoms with Gasteiger partial charge in [-0.3, -0.25) is 4.68 Å². The monoisotopic (exact) mass is 275 g/mol. The van der Waals surface area contributed by atoms with Gasteiger partial charge in [0.15, 0.2) is 5.75 Å². The molecule has 0 aliphatic heterocycles. The Morgan fingerprint density at radius 1 is 1.35 bits per heavy atom. The van der Waals surface area contributed by atoms with E-state index in [1.807, 2.05) is 17.8 Å². The Bertz CT molecular complexity index is 591. The van der Waals surface area contributed by atoms with Crippen molar-refractivity contribution in [2.45, 2.75) is 46.6 Å². The maximum atomic E-state index is 5.91. The van der Waals surface area contributed by atoms with Gasteiger partial charge in [0, 0.05) is 12.5 Å². The lowest BCUT2D eigenvalue weighted by Gasteiger charge is -2.09. The van der Waals surface area contributed by atoms with E-state index in [0.717, 1.165) is 18.4 Å². The van der Waals surface area contributed by atoms with Crippen LogP contribution in [0.5, 0.6) is 11.6 Å². The summed E-state index contributed by atoms with van der Waals surface area (Å²) in [5.41, 5.74) is 6.66. The van der Waals surface area contributed by atoms with E-state index in [2.05, 4.69) is 35.8 Å². The zero-order valence-electron chi connectivity index (χ0n) is 12.4. The first-order valence-corrected chi connectivity index (χ1v) is 6.86. The Balaban J connectivity index is 2.27. The van der Waals surface area contributed by atoms with Gasteiger partial charge >= 0.3 is 0 Å². The third kappa shape index (κ3) is 3.07. The number of hydrogen-bond acceptors (Lipinski definition) is 5. The molecule has 0 spiro atoms.